The number of morpholine rings is 1. The van der Waals surface area contributed by atoms with E-state index in [0.29, 0.717) is 43.3 Å². The van der Waals surface area contributed by atoms with E-state index in [-0.39, 0.29) is 29.1 Å². The molecular weight excluding hydrogens is 548 g/mol. The van der Waals surface area contributed by atoms with Gasteiger partial charge in [0.1, 0.15) is 5.82 Å². The number of rotatable bonds is 7. The molecule has 3 fully saturated rings. The second kappa shape index (κ2) is 11.1. The number of hydrogen-bond donors (Lipinski definition) is 0. The van der Waals surface area contributed by atoms with Crippen LogP contribution in [0.5, 0.6) is 0 Å². The first-order chi connectivity index (χ1) is 20.0. The van der Waals surface area contributed by atoms with E-state index in [9.17, 15) is 13.2 Å². The number of carbonyl (C=O) groups is 1. The second-order valence-corrected chi connectivity index (χ2v) is 14.8. The number of fused-ring (bicyclic) bond motifs is 1. The minimum absolute atomic E-state index is 0.0367. The number of benzene rings is 2. The summed E-state index contributed by atoms with van der Waals surface area (Å²) in [4.78, 5) is 22.9. The van der Waals surface area contributed by atoms with Crippen LogP contribution in [0.4, 0.5) is 11.5 Å². The van der Waals surface area contributed by atoms with Gasteiger partial charge in [-0.1, -0.05) is 50.6 Å². The molecule has 2 unspecified atom stereocenters. The average Bonchev–Trinajstić information content (AvgIpc) is 3.41. The van der Waals surface area contributed by atoms with Gasteiger partial charge in [-0.25, -0.2) is 13.4 Å². The molecule has 2 atom stereocenters. The SMILES string of the molecule is Cc1ccc(C(=O)N(CC2C3CN(S(=O)(=O)c4ccc(C(C)(C)C)cc4)CC23)c2ccc(N3CCOCC3)nc2)cc1. The van der Waals surface area contributed by atoms with E-state index in [4.69, 9.17) is 9.72 Å². The smallest absolute Gasteiger partial charge is 0.258 e. The molecule has 0 bridgehead atoms. The largest absolute Gasteiger partial charge is 0.378 e. The van der Waals surface area contributed by atoms with Gasteiger partial charge in [-0.05, 0) is 72.1 Å². The third kappa shape index (κ3) is 5.70. The molecule has 0 spiro atoms. The summed E-state index contributed by atoms with van der Waals surface area (Å²) in [5.41, 5.74) is 3.56. The fraction of sp³-hybridized carbons (Fsp3) is 0.455. The number of ether oxygens (including phenoxy) is 1. The van der Waals surface area contributed by atoms with E-state index in [2.05, 4.69) is 25.7 Å². The lowest BCUT2D eigenvalue weighted by Gasteiger charge is -2.29. The third-order valence-electron chi connectivity index (χ3n) is 9.01. The van der Waals surface area contributed by atoms with Gasteiger partial charge in [-0.3, -0.25) is 4.79 Å². The molecule has 9 heteroatoms. The summed E-state index contributed by atoms with van der Waals surface area (Å²) >= 11 is 0. The maximum atomic E-state index is 13.8. The molecule has 0 radical (unpaired) electrons. The molecule has 3 aliphatic rings. The summed E-state index contributed by atoms with van der Waals surface area (Å²) in [5.74, 6) is 1.53. The Morgan fingerprint density at radius 3 is 2.17 bits per heavy atom. The summed E-state index contributed by atoms with van der Waals surface area (Å²) < 4.78 is 34.0. The molecule has 1 amide bonds. The fourth-order valence-electron chi connectivity index (χ4n) is 6.24. The maximum absolute atomic E-state index is 13.8. The Kier molecular flexibility index (Phi) is 7.62. The van der Waals surface area contributed by atoms with E-state index in [1.807, 2.05) is 60.4 Å². The Bertz CT molecular complexity index is 1510. The highest BCUT2D eigenvalue weighted by molar-refractivity contribution is 7.89. The van der Waals surface area contributed by atoms with Crippen molar-refractivity contribution in [3.8, 4) is 0 Å². The van der Waals surface area contributed by atoms with Crippen LogP contribution in [0.25, 0.3) is 0 Å². The number of aromatic nitrogens is 1. The van der Waals surface area contributed by atoms with Gasteiger partial charge in [0, 0.05) is 38.3 Å². The molecule has 2 saturated heterocycles. The van der Waals surface area contributed by atoms with E-state index >= 15 is 0 Å². The summed E-state index contributed by atoms with van der Waals surface area (Å²) in [6.45, 7) is 12.8. The molecule has 2 aromatic carbocycles. The number of aryl methyl sites for hydroxylation is 1. The maximum Gasteiger partial charge on any atom is 0.258 e. The molecule has 3 heterocycles. The van der Waals surface area contributed by atoms with Gasteiger partial charge in [0.05, 0.1) is 30.0 Å². The number of carbonyl (C=O) groups excluding carboxylic acids is 1. The molecule has 1 saturated carbocycles. The van der Waals surface area contributed by atoms with Crippen molar-refractivity contribution >= 4 is 27.4 Å². The number of anilines is 2. The zero-order chi connectivity index (χ0) is 29.6. The Hall–Kier alpha value is -3.27. The molecule has 6 rings (SSSR count). The van der Waals surface area contributed by atoms with Crippen LogP contribution in [0.1, 0.15) is 42.3 Å². The van der Waals surface area contributed by atoms with Gasteiger partial charge in [0.15, 0.2) is 0 Å². The van der Waals surface area contributed by atoms with Crippen LogP contribution in [0.3, 0.4) is 0 Å². The van der Waals surface area contributed by atoms with Crippen LogP contribution in [0.15, 0.2) is 71.8 Å². The number of nitrogens with zero attached hydrogens (tertiary/aromatic N) is 4. The molecule has 42 heavy (non-hydrogen) atoms. The van der Waals surface area contributed by atoms with Crippen molar-refractivity contribution in [3.05, 3.63) is 83.6 Å². The van der Waals surface area contributed by atoms with Gasteiger partial charge < -0.3 is 14.5 Å². The van der Waals surface area contributed by atoms with E-state index in [1.165, 1.54) is 0 Å². The topological polar surface area (TPSA) is 83.1 Å². The monoisotopic (exact) mass is 588 g/mol. The van der Waals surface area contributed by atoms with Crippen LogP contribution < -0.4 is 9.80 Å². The predicted molar refractivity (Wildman–Crippen MR) is 164 cm³/mol. The summed E-state index contributed by atoms with van der Waals surface area (Å²) in [6.07, 6.45) is 1.78. The van der Waals surface area contributed by atoms with Gasteiger partial charge in [-0.15, -0.1) is 0 Å². The quantitative estimate of drug-likeness (QED) is 0.397. The van der Waals surface area contributed by atoms with Gasteiger partial charge in [0.25, 0.3) is 5.91 Å². The fourth-order valence-corrected chi connectivity index (χ4v) is 7.75. The Labute approximate surface area is 249 Å². The molecule has 1 aliphatic carbocycles. The van der Waals surface area contributed by atoms with Crippen LogP contribution in [-0.4, -0.2) is 69.6 Å². The highest BCUT2D eigenvalue weighted by Gasteiger charge is 2.58. The first kappa shape index (κ1) is 28.8. The zero-order valence-electron chi connectivity index (χ0n) is 24.9. The average molecular weight is 589 g/mol. The third-order valence-corrected chi connectivity index (χ3v) is 10.9. The normalized spacial score (nSPS) is 22.6. The van der Waals surface area contributed by atoms with Crippen molar-refractivity contribution in [3.63, 3.8) is 0 Å². The Morgan fingerprint density at radius 2 is 1.60 bits per heavy atom. The van der Waals surface area contributed by atoms with Crippen molar-refractivity contribution in [1.82, 2.24) is 9.29 Å². The summed E-state index contributed by atoms with van der Waals surface area (Å²) in [6, 6.07) is 18.9. The van der Waals surface area contributed by atoms with E-state index < -0.39 is 10.0 Å². The molecule has 2 aliphatic heterocycles. The molecule has 222 valence electrons. The van der Waals surface area contributed by atoms with E-state index in [0.717, 1.165) is 35.7 Å². The van der Waals surface area contributed by atoms with Crippen molar-refractivity contribution in [1.29, 1.82) is 0 Å². The van der Waals surface area contributed by atoms with Crippen LogP contribution in [-0.2, 0) is 20.2 Å². The zero-order valence-corrected chi connectivity index (χ0v) is 25.7. The number of hydrogen-bond acceptors (Lipinski definition) is 6. The van der Waals surface area contributed by atoms with Gasteiger partial charge >= 0.3 is 0 Å². The molecule has 0 N–H and O–H groups in total. The lowest BCUT2D eigenvalue weighted by molar-refractivity contribution is 0.0984. The number of piperidine rings is 1. The Morgan fingerprint density at radius 1 is 0.952 bits per heavy atom. The highest BCUT2D eigenvalue weighted by Crippen LogP contribution is 2.53. The number of pyridine rings is 1. The summed E-state index contributed by atoms with van der Waals surface area (Å²) in [5, 5.41) is 0. The van der Waals surface area contributed by atoms with Crippen LogP contribution in [0.2, 0.25) is 0 Å². The highest BCUT2D eigenvalue weighted by atomic mass is 32.2. The number of sulfonamides is 1. The first-order valence-corrected chi connectivity index (χ1v) is 16.2. The lowest BCUT2D eigenvalue weighted by Crippen LogP contribution is -2.38. The predicted octanol–water partition coefficient (Wildman–Crippen LogP) is 4.74. The minimum Gasteiger partial charge on any atom is -0.378 e. The molecular formula is C33H40N4O4S. The summed E-state index contributed by atoms with van der Waals surface area (Å²) in [7, 11) is -3.56. The van der Waals surface area contributed by atoms with Crippen molar-refractivity contribution < 1.29 is 17.9 Å². The van der Waals surface area contributed by atoms with Crippen molar-refractivity contribution in [2.45, 2.75) is 38.0 Å². The standard InChI is InChI=1S/C33H40N4O4S/c1-23-5-7-24(8-6-23)32(38)37(26-11-14-31(34-19-26)35-15-17-41-18-16-35)22-30-28-20-36(21-29(28)30)42(39,40)27-12-9-25(10-13-27)33(2,3)4/h5-14,19,28-30H,15-18,20-22H2,1-4H3. The van der Waals surface area contributed by atoms with Crippen molar-refractivity contribution in [2.24, 2.45) is 17.8 Å². The molecule has 3 aromatic rings. The number of amides is 1. The lowest BCUT2D eigenvalue weighted by atomic mass is 9.87. The van der Waals surface area contributed by atoms with E-state index in [1.54, 1.807) is 22.6 Å². The Balaban J connectivity index is 1.17. The molecule has 8 nitrogen and oxygen atoms in total. The minimum atomic E-state index is -3.56. The van der Waals surface area contributed by atoms with Gasteiger partial charge in [0.2, 0.25) is 10.0 Å². The van der Waals surface area contributed by atoms with Gasteiger partial charge in [-0.2, -0.15) is 4.31 Å². The van der Waals surface area contributed by atoms with Crippen LogP contribution in [0, 0.1) is 24.7 Å². The van der Waals surface area contributed by atoms with Crippen LogP contribution >= 0.6 is 0 Å². The second-order valence-electron chi connectivity index (χ2n) is 12.8. The molecule has 1 aromatic heterocycles. The first-order valence-electron chi connectivity index (χ1n) is 14.8. The van der Waals surface area contributed by atoms with Crippen molar-refractivity contribution in [2.75, 3.05) is 55.7 Å².